The fourth-order valence-electron chi connectivity index (χ4n) is 1.99. The summed E-state index contributed by atoms with van der Waals surface area (Å²) in [5, 5.41) is 6.55. The summed E-state index contributed by atoms with van der Waals surface area (Å²) in [5.41, 5.74) is 2.57. The predicted octanol–water partition coefficient (Wildman–Crippen LogP) is 1.68. The van der Waals surface area contributed by atoms with Gasteiger partial charge in [0.15, 0.2) is 18.2 Å². The first kappa shape index (κ1) is 10.8. The molecule has 6 nitrogen and oxygen atoms in total. The Morgan fingerprint density at radius 2 is 2.22 bits per heavy atom. The van der Waals surface area contributed by atoms with Crippen LogP contribution in [0.4, 0.5) is 5.82 Å². The van der Waals surface area contributed by atoms with Crippen LogP contribution < -0.4 is 10.1 Å². The normalized spacial score (nSPS) is 13.8. The van der Waals surface area contributed by atoms with Crippen molar-refractivity contribution in [3.05, 3.63) is 23.7 Å². The molecule has 0 spiro atoms. The van der Waals surface area contributed by atoms with Crippen molar-refractivity contribution in [2.24, 2.45) is 0 Å². The maximum Gasteiger partial charge on any atom is 0.263 e. The van der Waals surface area contributed by atoms with Gasteiger partial charge in [0, 0.05) is 17.3 Å². The van der Waals surface area contributed by atoms with E-state index < -0.39 is 0 Å². The predicted molar refractivity (Wildman–Crippen MR) is 63.3 cm³/mol. The molecular weight excluding hydrogens is 234 g/mol. The number of pyridine rings is 1. The SMILES string of the molecule is Cc1noc(C)c1-c1cnc2c(c1)OCC(=O)N2. The number of hydrogen-bond acceptors (Lipinski definition) is 5. The molecule has 0 bridgehead atoms. The largest absolute Gasteiger partial charge is 0.480 e. The third-order valence-corrected chi connectivity index (χ3v) is 2.79. The Bertz CT molecular complexity index is 614. The highest BCUT2D eigenvalue weighted by Crippen LogP contribution is 2.33. The number of ether oxygens (including phenoxy) is 1. The number of carbonyl (C=O) groups is 1. The van der Waals surface area contributed by atoms with Crippen molar-refractivity contribution in [2.45, 2.75) is 13.8 Å². The van der Waals surface area contributed by atoms with E-state index in [2.05, 4.69) is 15.5 Å². The van der Waals surface area contributed by atoms with Crippen LogP contribution in [0.3, 0.4) is 0 Å². The lowest BCUT2D eigenvalue weighted by Crippen LogP contribution is -2.26. The molecule has 0 saturated carbocycles. The van der Waals surface area contributed by atoms with Gasteiger partial charge in [0.1, 0.15) is 5.76 Å². The van der Waals surface area contributed by atoms with E-state index in [1.165, 1.54) is 0 Å². The second kappa shape index (κ2) is 3.83. The molecule has 6 heteroatoms. The number of carbonyl (C=O) groups excluding carboxylic acids is 1. The number of anilines is 1. The van der Waals surface area contributed by atoms with Crippen LogP contribution in [0.2, 0.25) is 0 Å². The zero-order valence-electron chi connectivity index (χ0n) is 9.98. The van der Waals surface area contributed by atoms with E-state index >= 15 is 0 Å². The van der Waals surface area contributed by atoms with Crippen molar-refractivity contribution < 1.29 is 14.1 Å². The molecular formula is C12H11N3O3. The molecule has 0 radical (unpaired) electrons. The Morgan fingerprint density at radius 3 is 2.94 bits per heavy atom. The van der Waals surface area contributed by atoms with Gasteiger partial charge in [-0.05, 0) is 19.9 Å². The molecule has 18 heavy (non-hydrogen) atoms. The van der Waals surface area contributed by atoms with Gasteiger partial charge in [0.05, 0.1) is 5.69 Å². The van der Waals surface area contributed by atoms with Crippen LogP contribution in [0.1, 0.15) is 11.5 Å². The van der Waals surface area contributed by atoms with Crippen molar-refractivity contribution in [2.75, 3.05) is 11.9 Å². The smallest absolute Gasteiger partial charge is 0.263 e. The molecule has 2 aromatic heterocycles. The lowest BCUT2D eigenvalue weighted by atomic mass is 10.1. The van der Waals surface area contributed by atoms with Crippen LogP contribution in [-0.2, 0) is 4.79 Å². The van der Waals surface area contributed by atoms with Crippen molar-refractivity contribution in [1.29, 1.82) is 0 Å². The minimum absolute atomic E-state index is 0.0136. The number of amides is 1. The first-order valence-corrected chi connectivity index (χ1v) is 5.51. The van der Waals surface area contributed by atoms with Crippen LogP contribution in [0, 0.1) is 13.8 Å². The van der Waals surface area contributed by atoms with Crippen LogP contribution in [0.25, 0.3) is 11.1 Å². The van der Waals surface area contributed by atoms with Crippen LogP contribution in [-0.4, -0.2) is 22.7 Å². The Balaban J connectivity index is 2.08. The summed E-state index contributed by atoms with van der Waals surface area (Å²) in [4.78, 5) is 15.3. The van der Waals surface area contributed by atoms with Crippen molar-refractivity contribution in [1.82, 2.24) is 10.1 Å². The van der Waals surface area contributed by atoms with Crippen LogP contribution >= 0.6 is 0 Å². The molecule has 3 rings (SSSR count). The third-order valence-electron chi connectivity index (χ3n) is 2.79. The maximum absolute atomic E-state index is 11.1. The second-order valence-corrected chi connectivity index (χ2v) is 4.11. The van der Waals surface area contributed by atoms with E-state index in [1.807, 2.05) is 19.9 Å². The molecule has 1 aliphatic heterocycles. The Kier molecular flexibility index (Phi) is 2.29. The summed E-state index contributed by atoms with van der Waals surface area (Å²) >= 11 is 0. The topological polar surface area (TPSA) is 77.2 Å². The van der Waals surface area contributed by atoms with Gasteiger partial charge in [0.2, 0.25) is 0 Å². The molecule has 1 aliphatic rings. The Hall–Kier alpha value is -2.37. The molecule has 0 atom stereocenters. The lowest BCUT2D eigenvalue weighted by molar-refractivity contribution is -0.118. The second-order valence-electron chi connectivity index (χ2n) is 4.11. The number of nitrogens with one attached hydrogen (secondary N) is 1. The van der Waals surface area contributed by atoms with E-state index in [1.54, 1.807) is 6.20 Å². The molecule has 1 amide bonds. The van der Waals surface area contributed by atoms with Crippen molar-refractivity contribution in [3.8, 4) is 16.9 Å². The van der Waals surface area contributed by atoms with Gasteiger partial charge in [-0.25, -0.2) is 4.98 Å². The molecule has 3 heterocycles. The van der Waals surface area contributed by atoms with Gasteiger partial charge in [-0.2, -0.15) is 0 Å². The molecule has 1 N–H and O–H groups in total. The van der Waals surface area contributed by atoms with Gasteiger partial charge in [-0.1, -0.05) is 5.16 Å². The third kappa shape index (κ3) is 1.62. The lowest BCUT2D eigenvalue weighted by Gasteiger charge is -2.17. The van der Waals surface area contributed by atoms with Gasteiger partial charge in [0.25, 0.3) is 5.91 Å². The molecule has 0 aliphatic carbocycles. The average Bonchev–Trinajstić information content (AvgIpc) is 2.69. The summed E-state index contributed by atoms with van der Waals surface area (Å²) < 4.78 is 10.5. The summed E-state index contributed by atoms with van der Waals surface area (Å²) in [6.07, 6.45) is 1.67. The zero-order chi connectivity index (χ0) is 12.7. The summed E-state index contributed by atoms with van der Waals surface area (Å²) in [5.74, 6) is 1.54. The van der Waals surface area contributed by atoms with Gasteiger partial charge in [-0.15, -0.1) is 0 Å². The number of rotatable bonds is 1. The number of hydrogen-bond donors (Lipinski definition) is 1. The first-order valence-electron chi connectivity index (χ1n) is 5.51. The maximum atomic E-state index is 11.1. The number of nitrogens with zero attached hydrogens (tertiary/aromatic N) is 2. The van der Waals surface area contributed by atoms with Crippen LogP contribution in [0.5, 0.6) is 5.75 Å². The standard InChI is InChI=1S/C12H11N3O3/c1-6-11(7(2)18-15-6)8-3-9-12(13-4-8)14-10(16)5-17-9/h3-4H,5H2,1-2H3,(H,13,14,16). The number of aromatic nitrogens is 2. The molecule has 0 saturated heterocycles. The zero-order valence-corrected chi connectivity index (χ0v) is 9.98. The highest BCUT2D eigenvalue weighted by molar-refractivity contribution is 5.94. The highest BCUT2D eigenvalue weighted by Gasteiger charge is 2.19. The van der Waals surface area contributed by atoms with E-state index in [0.717, 1.165) is 22.6 Å². The molecule has 2 aromatic rings. The van der Waals surface area contributed by atoms with Gasteiger partial charge < -0.3 is 14.6 Å². The highest BCUT2D eigenvalue weighted by atomic mass is 16.5. The number of fused-ring (bicyclic) bond motifs is 1. The van der Waals surface area contributed by atoms with E-state index in [9.17, 15) is 4.79 Å². The van der Waals surface area contributed by atoms with Gasteiger partial charge in [-0.3, -0.25) is 4.79 Å². The molecule has 92 valence electrons. The average molecular weight is 245 g/mol. The minimum atomic E-state index is -0.194. The summed E-state index contributed by atoms with van der Waals surface area (Å²) in [6.45, 7) is 3.73. The molecule has 0 unspecified atom stereocenters. The first-order chi connectivity index (χ1) is 8.65. The quantitative estimate of drug-likeness (QED) is 0.827. The van der Waals surface area contributed by atoms with E-state index in [4.69, 9.17) is 9.26 Å². The Morgan fingerprint density at radius 1 is 1.39 bits per heavy atom. The van der Waals surface area contributed by atoms with E-state index in [0.29, 0.717) is 11.6 Å². The molecule has 0 aromatic carbocycles. The van der Waals surface area contributed by atoms with Crippen LogP contribution in [0.15, 0.2) is 16.8 Å². The number of aryl methyl sites for hydroxylation is 2. The van der Waals surface area contributed by atoms with Crippen molar-refractivity contribution in [3.63, 3.8) is 0 Å². The van der Waals surface area contributed by atoms with E-state index in [-0.39, 0.29) is 12.5 Å². The molecule has 0 fully saturated rings. The monoisotopic (exact) mass is 245 g/mol. The fraction of sp³-hybridized carbons (Fsp3) is 0.250. The fourth-order valence-corrected chi connectivity index (χ4v) is 1.99. The van der Waals surface area contributed by atoms with Crippen molar-refractivity contribution >= 4 is 11.7 Å². The Labute approximate surface area is 103 Å². The summed E-state index contributed by atoms with van der Waals surface area (Å²) in [6, 6.07) is 1.83. The minimum Gasteiger partial charge on any atom is -0.480 e. The summed E-state index contributed by atoms with van der Waals surface area (Å²) in [7, 11) is 0. The van der Waals surface area contributed by atoms with Gasteiger partial charge >= 0.3 is 0 Å².